The smallest absolute Gasteiger partial charge is 0.267 e. The summed E-state index contributed by atoms with van der Waals surface area (Å²) < 4.78 is 0. The lowest BCUT2D eigenvalue weighted by Gasteiger charge is -2.16. The quantitative estimate of drug-likeness (QED) is 0.384. The standard InChI is InChI=1S/C18H21N5O2.2ClH/c24-17(22-25)7-6-15-10-19-18(20-11-15)21-16-8-9-23(13-16)12-14-4-2-1-3-5-14;;/h1-7,10-11,16,25H,8-9,12-13H2,(H,22,24)(H,19,20,21);2*1H/t16-;;/m1../s1. The Labute approximate surface area is 170 Å². The molecule has 0 unspecified atom stereocenters. The number of halogens is 2. The van der Waals surface area contributed by atoms with Crippen LogP contribution in [-0.4, -0.2) is 45.1 Å². The number of likely N-dealkylation sites (tertiary alicyclic amines) is 1. The number of nitrogens with one attached hydrogen (secondary N) is 2. The molecule has 7 nitrogen and oxygen atoms in total. The lowest BCUT2D eigenvalue weighted by atomic mass is 10.2. The number of carbonyl (C=O) groups is 1. The summed E-state index contributed by atoms with van der Waals surface area (Å²) in [6.45, 7) is 2.96. The van der Waals surface area contributed by atoms with Crippen LogP contribution in [0, 0.1) is 0 Å². The Kier molecular flexibility index (Phi) is 9.74. The second-order valence-corrected chi connectivity index (χ2v) is 6.00. The van der Waals surface area contributed by atoms with Crippen molar-refractivity contribution in [3.63, 3.8) is 0 Å². The number of carbonyl (C=O) groups excluding carboxylic acids is 1. The Morgan fingerprint density at radius 1 is 1.22 bits per heavy atom. The van der Waals surface area contributed by atoms with Gasteiger partial charge in [0.2, 0.25) is 5.95 Å². The third kappa shape index (κ3) is 7.15. The highest BCUT2D eigenvalue weighted by Gasteiger charge is 2.22. The van der Waals surface area contributed by atoms with Gasteiger partial charge in [-0.2, -0.15) is 0 Å². The maximum absolute atomic E-state index is 10.9. The molecule has 27 heavy (non-hydrogen) atoms. The molecule has 9 heteroatoms. The predicted octanol–water partition coefficient (Wildman–Crippen LogP) is 2.53. The Morgan fingerprint density at radius 2 is 1.93 bits per heavy atom. The maximum Gasteiger partial charge on any atom is 0.267 e. The predicted molar refractivity (Wildman–Crippen MR) is 109 cm³/mol. The van der Waals surface area contributed by atoms with Crippen LogP contribution in [0.25, 0.3) is 6.08 Å². The summed E-state index contributed by atoms with van der Waals surface area (Å²) >= 11 is 0. The van der Waals surface area contributed by atoms with E-state index in [0.717, 1.165) is 26.1 Å². The summed E-state index contributed by atoms with van der Waals surface area (Å²) in [6, 6.07) is 10.8. The molecule has 1 amide bonds. The van der Waals surface area contributed by atoms with Crippen molar-refractivity contribution in [3.8, 4) is 0 Å². The van der Waals surface area contributed by atoms with E-state index in [1.807, 2.05) is 6.07 Å². The topological polar surface area (TPSA) is 90.4 Å². The van der Waals surface area contributed by atoms with Gasteiger partial charge in [-0.25, -0.2) is 15.4 Å². The van der Waals surface area contributed by atoms with E-state index in [1.165, 1.54) is 23.2 Å². The van der Waals surface area contributed by atoms with Gasteiger partial charge in [-0.3, -0.25) is 14.9 Å². The average Bonchev–Trinajstić information content (AvgIpc) is 3.08. The lowest BCUT2D eigenvalue weighted by molar-refractivity contribution is -0.124. The molecule has 1 atom stereocenters. The van der Waals surface area contributed by atoms with Gasteiger partial charge >= 0.3 is 0 Å². The van der Waals surface area contributed by atoms with Gasteiger partial charge in [-0.15, -0.1) is 24.8 Å². The van der Waals surface area contributed by atoms with Crippen LogP contribution in [0.15, 0.2) is 48.8 Å². The fraction of sp³-hybridized carbons (Fsp3) is 0.278. The van der Waals surface area contributed by atoms with E-state index in [0.29, 0.717) is 17.6 Å². The number of rotatable bonds is 6. The molecule has 0 radical (unpaired) electrons. The van der Waals surface area contributed by atoms with Crippen molar-refractivity contribution in [1.29, 1.82) is 0 Å². The van der Waals surface area contributed by atoms with E-state index in [-0.39, 0.29) is 24.8 Å². The second kappa shape index (κ2) is 11.5. The summed E-state index contributed by atoms with van der Waals surface area (Å²) in [6.07, 6.45) is 7.06. The molecule has 0 bridgehead atoms. The molecule has 1 aromatic carbocycles. The Bertz CT molecular complexity index is 728. The van der Waals surface area contributed by atoms with Crippen molar-refractivity contribution >= 4 is 42.7 Å². The van der Waals surface area contributed by atoms with E-state index >= 15 is 0 Å². The minimum atomic E-state index is -0.591. The van der Waals surface area contributed by atoms with E-state index in [2.05, 4.69) is 44.5 Å². The third-order valence-corrected chi connectivity index (χ3v) is 4.06. The number of hydrogen-bond donors (Lipinski definition) is 3. The molecule has 3 rings (SSSR count). The van der Waals surface area contributed by atoms with Crippen molar-refractivity contribution in [2.75, 3.05) is 18.4 Å². The van der Waals surface area contributed by atoms with Gasteiger partial charge in [0.05, 0.1) is 0 Å². The Hall–Kier alpha value is -2.19. The highest BCUT2D eigenvalue weighted by molar-refractivity contribution is 5.90. The first kappa shape index (κ1) is 22.9. The Morgan fingerprint density at radius 3 is 2.59 bits per heavy atom. The molecule has 3 N–H and O–H groups in total. The minimum Gasteiger partial charge on any atom is -0.350 e. The lowest BCUT2D eigenvalue weighted by Crippen LogP contribution is -2.26. The number of nitrogens with zero attached hydrogens (tertiary/aromatic N) is 3. The number of amides is 1. The average molecular weight is 412 g/mol. The van der Waals surface area contributed by atoms with Gasteiger partial charge < -0.3 is 5.32 Å². The normalized spacial score (nSPS) is 16.4. The monoisotopic (exact) mass is 411 g/mol. The number of anilines is 1. The van der Waals surface area contributed by atoms with Crippen LogP contribution >= 0.6 is 24.8 Å². The van der Waals surface area contributed by atoms with Gasteiger partial charge in [0, 0.05) is 49.7 Å². The van der Waals surface area contributed by atoms with Crippen LogP contribution in [0.2, 0.25) is 0 Å². The van der Waals surface area contributed by atoms with Crippen molar-refractivity contribution in [2.24, 2.45) is 0 Å². The van der Waals surface area contributed by atoms with Crippen LogP contribution < -0.4 is 10.8 Å². The van der Waals surface area contributed by atoms with Gasteiger partial charge in [0.1, 0.15) is 0 Å². The molecule has 1 aliphatic rings. The van der Waals surface area contributed by atoms with E-state index < -0.39 is 5.91 Å². The molecule has 0 saturated carbocycles. The van der Waals surface area contributed by atoms with Crippen LogP contribution in [-0.2, 0) is 11.3 Å². The van der Waals surface area contributed by atoms with Crippen LogP contribution in [0.4, 0.5) is 5.95 Å². The molecule has 1 fully saturated rings. The van der Waals surface area contributed by atoms with E-state index in [9.17, 15) is 4.79 Å². The molecule has 146 valence electrons. The fourth-order valence-electron chi connectivity index (χ4n) is 2.83. The van der Waals surface area contributed by atoms with Gasteiger partial charge in [0.15, 0.2) is 0 Å². The molecule has 1 aliphatic heterocycles. The highest BCUT2D eigenvalue weighted by atomic mass is 35.5. The molecule has 0 spiro atoms. The number of benzene rings is 1. The number of hydrogen-bond acceptors (Lipinski definition) is 6. The number of hydroxylamine groups is 1. The molecule has 1 saturated heterocycles. The molecule has 2 aromatic rings. The zero-order valence-corrected chi connectivity index (χ0v) is 16.2. The van der Waals surface area contributed by atoms with Crippen molar-refractivity contribution in [1.82, 2.24) is 20.3 Å². The third-order valence-electron chi connectivity index (χ3n) is 4.06. The first-order valence-electron chi connectivity index (χ1n) is 8.20. The summed E-state index contributed by atoms with van der Waals surface area (Å²) in [4.78, 5) is 21.9. The SMILES string of the molecule is Cl.Cl.O=C(C=Cc1cnc(N[C@@H]2CCN(Cc3ccccc3)C2)nc1)NO. The van der Waals surface area contributed by atoms with Gasteiger partial charge in [-0.1, -0.05) is 30.3 Å². The molecule has 0 aliphatic carbocycles. The van der Waals surface area contributed by atoms with E-state index in [1.54, 1.807) is 12.4 Å². The largest absolute Gasteiger partial charge is 0.350 e. The van der Waals surface area contributed by atoms with Crippen molar-refractivity contribution in [2.45, 2.75) is 19.0 Å². The van der Waals surface area contributed by atoms with Crippen LogP contribution in [0.3, 0.4) is 0 Å². The summed E-state index contributed by atoms with van der Waals surface area (Å²) in [5.41, 5.74) is 3.54. The van der Waals surface area contributed by atoms with Crippen molar-refractivity contribution < 1.29 is 10.0 Å². The van der Waals surface area contributed by atoms with E-state index in [4.69, 9.17) is 5.21 Å². The number of aromatic nitrogens is 2. The highest BCUT2D eigenvalue weighted by Crippen LogP contribution is 2.16. The van der Waals surface area contributed by atoms with Crippen molar-refractivity contribution in [3.05, 3.63) is 59.9 Å². The van der Waals surface area contributed by atoms with Gasteiger partial charge in [-0.05, 0) is 18.1 Å². The van der Waals surface area contributed by atoms with Gasteiger partial charge in [0.25, 0.3) is 5.91 Å². The zero-order valence-electron chi connectivity index (χ0n) is 14.6. The fourth-order valence-corrected chi connectivity index (χ4v) is 2.83. The summed E-state index contributed by atoms with van der Waals surface area (Å²) in [7, 11) is 0. The first-order valence-corrected chi connectivity index (χ1v) is 8.20. The molecule has 1 aromatic heterocycles. The maximum atomic E-state index is 10.9. The molecular formula is C18H23Cl2N5O2. The summed E-state index contributed by atoms with van der Waals surface area (Å²) in [5.74, 6) is -0.0121. The first-order chi connectivity index (χ1) is 12.2. The molecule has 2 heterocycles. The van der Waals surface area contributed by atoms with Crippen LogP contribution in [0.1, 0.15) is 17.5 Å². The van der Waals surface area contributed by atoms with Crippen LogP contribution in [0.5, 0.6) is 0 Å². The minimum absolute atomic E-state index is 0. The zero-order chi connectivity index (χ0) is 17.5. The second-order valence-electron chi connectivity index (χ2n) is 6.00. The Balaban J connectivity index is 0.00000182. The molecular weight excluding hydrogens is 389 g/mol. The summed E-state index contributed by atoms with van der Waals surface area (Å²) in [5, 5.41) is 11.8.